The first-order chi connectivity index (χ1) is 8.99. The van der Waals surface area contributed by atoms with Crippen molar-refractivity contribution < 1.29 is 8.42 Å². The zero-order valence-electron chi connectivity index (χ0n) is 10.4. The Morgan fingerprint density at radius 2 is 1.68 bits per heavy atom. The zero-order valence-corrected chi connectivity index (χ0v) is 12.0. The van der Waals surface area contributed by atoms with Gasteiger partial charge in [0.2, 0.25) is 10.0 Å². The molecular weight excluding hydrogens is 282 g/mol. The molecular formula is C14H14ClNO2S. The lowest BCUT2D eigenvalue weighted by Crippen LogP contribution is -2.23. The maximum Gasteiger partial charge on any atom is 0.240 e. The third-order valence-electron chi connectivity index (χ3n) is 2.84. The van der Waals surface area contributed by atoms with E-state index < -0.39 is 10.0 Å². The minimum Gasteiger partial charge on any atom is -0.207 e. The molecule has 0 spiro atoms. The molecule has 100 valence electrons. The van der Waals surface area contributed by atoms with Crippen LogP contribution < -0.4 is 4.72 Å². The van der Waals surface area contributed by atoms with Crippen LogP contribution in [0.25, 0.3) is 0 Å². The molecule has 0 unspecified atom stereocenters. The van der Waals surface area contributed by atoms with Crippen LogP contribution in [0, 0.1) is 6.92 Å². The van der Waals surface area contributed by atoms with Crippen molar-refractivity contribution in [2.75, 3.05) is 0 Å². The van der Waals surface area contributed by atoms with E-state index >= 15 is 0 Å². The van der Waals surface area contributed by atoms with Gasteiger partial charge in [0.15, 0.2) is 0 Å². The van der Waals surface area contributed by atoms with Crippen molar-refractivity contribution in [1.29, 1.82) is 0 Å². The maximum atomic E-state index is 12.1. The van der Waals surface area contributed by atoms with Gasteiger partial charge in [-0.1, -0.05) is 35.9 Å². The van der Waals surface area contributed by atoms with E-state index in [1.807, 2.05) is 31.2 Å². The molecule has 2 aromatic rings. The fourth-order valence-corrected chi connectivity index (χ4v) is 2.81. The molecule has 5 heteroatoms. The third kappa shape index (κ3) is 3.56. The Kier molecular flexibility index (Phi) is 4.24. The van der Waals surface area contributed by atoms with E-state index in [1.54, 1.807) is 12.1 Å². The molecule has 2 rings (SSSR count). The highest BCUT2D eigenvalue weighted by Gasteiger charge is 2.13. The number of aryl methyl sites for hydroxylation is 1. The number of benzene rings is 2. The Labute approximate surface area is 118 Å². The summed E-state index contributed by atoms with van der Waals surface area (Å²) in [5.41, 5.74) is 2.02. The average molecular weight is 296 g/mol. The highest BCUT2D eigenvalue weighted by Crippen LogP contribution is 2.15. The summed E-state index contributed by atoms with van der Waals surface area (Å²) in [6.07, 6.45) is 0. The summed E-state index contributed by atoms with van der Waals surface area (Å²) in [4.78, 5) is 0.213. The molecule has 0 fully saturated rings. The monoisotopic (exact) mass is 295 g/mol. The number of hydrogen-bond donors (Lipinski definition) is 1. The molecule has 0 saturated heterocycles. The SMILES string of the molecule is Cc1ccccc1CNS(=O)(=O)c1ccc(Cl)cc1. The molecule has 0 aliphatic rings. The molecule has 0 aliphatic heterocycles. The smallest absolute Gasteiger partial charge is 0.207 e. The van der Waals surface area contributed by atoms with E-state index in [9.17, 15) is 8.42 Å². The lowest BCUT2D eigenvalue weighted by Gasteiger charge is -2.08. The van der Waals surface area contributed by atoms with E-state index in [2.05, 4.69) is 4.72 Å². The van der Waals surface area contributed by atoms with Gasteiger partial charge in [0.05, 0.1) is 4.90 Å². The number of rotatable bonds is 4. The highest BCUT2D eigenvalue weighted by molar-refractivity contribution is 7.89. The van der Waals surface area contributed by atoms with Gasteiger partial charge in [0, 0.05) is 11.6 Å². The lowest BCUT2D eigenvalue weighted by atomic mass is 10.1. The molecule has 0 bridgehead atoms. The zero-order chi connectivity index (χ0) is 13.9. The second-order valence-corrected chi connectivity index (χ2v) is 6.41. The van der Waals surface area contributed by atoms with Crippen molar-refractivity contribution in [3.8, 4) is 0 Å². The summed E-state index contributed by atoms with van der Waals surface area (Å²) < 4.78 is 26.7. The standard InChI is InChI=1S/C14H14ClNO2S/c1-11-4-2-3-5-12(11)10-16-19(17,18)14-8-6-13(15)7-9-14/h2-9,16H,10H2,1H3. The minimum absolute atomic E-state index is 0.213. The molecule has 0 aromatic heterocycles. The molecule has 0 amide bonds. The Bertz CT molecular complexity index is 666. The summed E-state index contributed by atoms with van der Waals surface area (Å²) in [6, 6.07) is 13.8. The summed E-state index contributed by atoms with van der Waals surface area (Å²) in [7, 11) is -3.50. The molecule has 3 nitrogen and oxygen atoms in total. The van der Waals surface area contributed by atoms with E-state index in [4.69, 9.17) is 11.6 Å². The van der Waals surface area contributed by atoms with Crippen LogP contribution in [0.1, 0.15) is 11.1 Å². The van der Waals surface area contributed by atoms with Gasteiger partial charge in [0.25, 0.3) is 0 Å². The van der Waals surface area contributed by atoms with Gasteiger partial charge in [-0.3, -0.25) is 0 Å². The van der Waals surface area contributed by atoms with Gasteiger partial charge in [-0.2, -0.15) is 0 Å². The van der Waals surface area contributed by atoms with Gasteiger partial charge in [-0.25, -0.2) is 13.1 Å². The van der Waals surface area contributed by atoms with Gasteiger partial charge >= 0.3 is 0 Å². The van der Waals surface area contributed by atoms with Gasteiger partial charge in [-0.05, 0) is 42.3 Å². The second kappa shape index (κ2) is 5.74. The highest BCUT2D eigenvalue weighted by atomic mass is 35.5. The normalized spacial score (nSPS) is 11.5. The van der Waals surface area contributed by atoms with Crippen LogP contribution in [0.3, 0.4) is 0 Å². The predicted molar refractivity (Wildman–Crippen MR) is 76.7 cm³/mol. The van der Waals surface area contributed by atoms with Crippen LogP contribution in [-0.4, -0.2) is 8.42 Å². The largest absolute Gasteiger partial charge is 0.240 e. The summed E-state index contributed by atoms with van der Waals surface area (Å²) in [5.74, 6) is 0. The van der Waals surface area contributed by atoms with Crippen molar-refractivity contribution in [2.24, 2.45) is 0 Å². The molecule has 19 heavy (non-hydrogen) atoms. The van der Waals surface area contributed by atoms with Crippen LogP contribution in [-0.2, 0) is 16.6 Å². The Morgan fingerprint density at radius 3 is 2.32 bits per heavy atom. The van der Waals surface area contributed by atoms with Gasteiger partial charge in [-0.15, -0.1) is 0 Å². The summed E-state index contributed by atoms with van der Waals surface area (Å²) >= 11 is 5.74. The van der Waals surface area contributed by atoms with Crippen LogP contribution in [0.4, 0.5) is 0 Å². The van der Waals surface area contributed by atoms with Crippen LogP contribution >= 0.6 is 11.6 Å². The van der Waals surface area contributed by atoms with Crippen LogP contribution in [0.15, 0.2) is 53.4 Å². The number of hydrogen-bond acceptors (Lipinski definition) is 2. The van der Waals surface area contributed by atoms with E-state index in [0.29, 0.717) is 5.02 Å². The molecule has 0 heterocycles. The number of sulfonamides is 1. The Balaban J connectivity index is 2.14. The molecule has 2 aromatic carbocycles. The van der Waals surface area contributed by atoms with Gasteiger partial charge in [0.1, 0.15) is 0 Å². The van der Waals surface area contributed by atoms with Crippen molar-refractivity contribution >= 4 is 21.6 Å². The number of nitrogens with one attached hydrogen (secondary N) is 1. The minimum atomic E-state index is -3.50. The van der Waals surface area contributed by atoms with Crippen LogP contribution in [0.5, 0.6) is 0 Å². The average Bonchev–Trinajstić information content (AvgIpc) is 2.38. The second-order valence-electron chi connectivity index (χ2n) is 4.20. The van der Waals surface area contributed by atoms with Crippen LogP contribution in [0.2, 0.25) is 5.02 Å². The Morgan fingerprint density at radius 1 is 1.05 bits per heavy atom. The molecule has 1 N–H and O–H groups in total. The van der Waals surface area contributed by atoms with E-state index in [-0.39, 0.29) is 11.4 Å². The fraction of sp³-hybridized carbons (Fsp3) is 0.143. The lowest BCUT2D eigenvalue weighted by molar-refractivity contribution is 0.581. The van der Waals surface area contributed by atoms with Crippen molar-refractivity contribution in [2.45, 2.75) is 18.4 Å². The fourth-order valence-electron chi connectivity index (χ4n) is 1.68. The number of halogens is 1. The van der Waals surface area contributed by atoms with Crippen molar-refractivity contribution in [1.82, 2.24) is 4.72 Å². The van der Waals surface area contributed by atoms with Crippen molar-refractivity contribution in [3.63, 3.8) is 0 Å². The van der Waals surface area contributed by atoms with E-state index in [0.717, 1.165) is 11.1 Å². The molecule has 0 atom stereocenters. The predicted octanol–water partition coefficient (Wildman–Crippen LogP) is 3.13. The van der Waals surface area contributed by atoms with Gasteiger partial charge < -0.3 is 0 Å². The first-order valence-electron chi connectivity index (χ1n) is 5.79. The third-order valence-corrected chi connectivity index (χ3v) is 4.51. The molecule has 0 saturated carbocycles. The first kappa shape index (κ1) is 14.1. The summed E-state index contributed by atoms with van der Waals surface area (Å²) in [6.45, 7) is 2.23. The quantitative estimate of drug-likeness (QED) is 0.942. The topological polar surface area (TPSA) is 46.2 Å². The summed E-state index contributed by atoms with van der Waals surface area (Å²) in [5, 5.41) is 0.512. The van der Waals surface area contributed by atoms with E-state index in [1.165, 1.54) is 12.1 Å². The first-order valence-corrected chi connectivity index (χ1v) is 7.65. The maximum absolute atomic E-state index is 12.1. The molecule has 0 radical (unpaired) electrons. The Hall–Kier alpha value is -1.36. The van der Waals surface area contributed by atoms with Crippen molar-refractivity contribution in [3.05, 3.63) is 64.7 Å². The molecule has 0 aliphatic carbocycles.